The molecule has 1 aromatic carbocycles. The molecule has 0 saturated heterocycles. The van der Waals surface area contributed by atoms with E-state index < -0.39 is 0 Å². The minimum absolute atomic E-state index is 0. The second-order valence-corrected chi connectivity index (χ2v) is 6.82. The first-order chi connectivity index (χ1) is 14.2. The van der Waals surface area contributed by atoms with Crippen LogP contribution in [0, 0.1) is 6.92 Å². The Kier molecular flexibility index (Phi) is 7.50. The number of hydrogen-bond acceptors (Lipinski definition) is 4. The average Bonchev–Trinajstić information content (AvgIpc) is 3.48. The molecule has 0 unspecified atom stereocenters. The second-order valence-electron chi connectivity index (χ2n) is 6.82. The van der Waals surface area contributed by atoms with Crippen molar-refractivity contribution < 1.29 is 4.42 Å². The van der Waals surface area contributed by atoms with Gasteiger partial charge in [-0.25, -0.2) is 4.98 Å². The van der Waals surface area contributed by atoms with E-state index in [1.807, 2.05) is 12.1 Å². The first-order valence-corrected chi connectivity index (χ1v) is 9.70. The summed E-state index contributed by atoms with van der Waals surface area (Å²) < 4.78 is 5.31. The zero-order chi connectivity index (χ0) is 20.1. The van der Waals surface area contributed by atoms with E-state index in [2.05, 4.69) is 67.1 Å². The Labute approximate surface area is 192 Å². The number of aromatic nitrogens is 4. The van der Waals surface area contributed by atoms with Gasteiger partial charge in [-0.3, -0.25) is 10.1 Å². The van der Waals surface area contributed by atoms with E-state index in [4.69, 9.17) is 4.42 Å². The number of nitrogens with zero attached hydrogens (tertiary/aromatic N) is 3. The van der Waals surface area contributed by atoms with Gasteiger partial charge >= 0.3 is 0 Å². The molecule has 30 heavy (non-hydrogen) atoms. The number of halogens is 1. The Morgan fingerprint density at radius 1 is 1.13 bits per heavy atom. The quantitative estimate of drug-likeness (QED) is 0.170. The van der Waals surface area contributed by atoms with Gasteiger partial charge in [0.2, 0.25) is 5.82 Å². The van der Waals surface area contributed by atoms with Gasteiger partial charge in [-0.1, -0.05) is 18.2 Å². The van der Waals surface area contributed by atoms with Crippen LogP contribution in [0.5, 0.6) is 0 Å². The van der Waals surface area contributed by atoms with Crippen molar-refractivity contribution in [1.29, 1.82) is 0 Å². The van der Waals surface area contributed by atoms with Crippen LogP contribution in [-0.4, -0.2) is 46.3 Å². The van der Waals surface area contributed by atoms with Gasteiger partial charge in [0.1, 0.15) is 5.82 Å². The summed E-state index contributed by atoms with van der Waals surface area (Å²) in [4.78, 5) is 12.1. The number of aryl methyl sites for hydroxylation is 1. The maximum atomic E-state index is 5.31. The molecule has 0 fully saturated rings. The predicted octanol–water partition coefficient (Wildman–Crippen LogP) is 3.42. The number of H-pyrrole nitrogens is 2. The van der Waals surface area contributed by atoms with Crippen LogP contribution >= 0.6 is 24.0 Å². The zero-order valence-corrected chi connectivity index (χ0v) is 19.4. The summed E-state index contributed by atoms with van der Waals surface area (Å²) >= 11 is 0. The average molecular weight is 519 g/mol. The van der Waals surface area contributed by atoms with Gasteiger partial charge in [-0.2, -0.15) is 5.10 Å². The molecular weight excluding hydrogens is 493 g/mol. The molecule has 0 aliphatic heterocycles. The monoisotopic (exact) mass is 519 g/mol. The molecule has 3 aromatic heterocycles. The minimum atomic E-state index is 0. The first-order valence-electron chi connectivity index (χ1n) is 9.70. The molecule has 0 atom stereocenters. The number of aromatic amines is 2. The number of nitrogens with one attached hydrogen (secondary N) is 4. The van der Waals surface area contributed by atoms with Gasteiger partial charge < -0.3 is 20.0 Å². The summed E-state index contributed by atoms with van der Waals surface area (Å²) in [6, 6.07) is 10.0. The fraction of sp³-hybridized carbons (Fsp3) is 0.286. The normalized spacial score (nSPS) is 11.5. The van der Waals surface area contributed by atoms with Crippen molar-refractivity contribution in [2.75, 3.05) is 20.1 Å². The molecule has 4 aromatic rings. The highest BCUT2D eigenvalue weighted by Gasteiger charge is 2.09. The van der Waals surface area contributed by atoms with E-state index >= 15 is 0 Å². The number of fused-ring (bicyclic) bond motifs is 1. The SMILES string of the molecule is CN=C(NCCc1nc(-c2ccco2)n[nH]1)NCCc1c[nH]c2c(C)cccc12.I. The number of benzene rings is 1. The summed E-state index contributed by atoms with van der Waals surface area (Å²) in [5.41, 5.74) is 3.78. The Morgan fingerprint density at radius 3 is 2.73 bits per heavy atom. The molecule has 3 heterocycles. The largest absolute Gasteiger partial charge is 0.461 e. The molecular formula is C21H26IN7O. The van der Waals surface area contributed by atoms with E-state index in [1.165, 1.54) is 22.0 Å². The number of hydrogen-bond donors (Lipinski definition) is 4. The molecule has 0 amide bonds. The molecule has 8 nitrogen and oxygen atoms in total. The maximum Gasteiger partial charge on any atom is 0.216 e. The number of furan rings is 1. The van der Waals surface area contributed by atoms with Gasteiger partial charge in [0.15, 0.2) is 11.7 Å². The zero-order valence-electron chi connectivity index (χ0n) is 17.0. The molecule has 4 rings (SSSR count). The minimum Gasteiger partial charge on any atom is -0.461 e. The van der Waals surface area contributed by atoms with Gasteiger partial charge in [0.25, 0.3) is 0 Å². The molecule has 0 spiro atoms. The maximum absolute atomic E-state index is 5.31. The van der Waals surface area contributed by atoms with Gasteiger partial charge in [-0.15, -0.1) is 24.0 Å². The molecule has 0 aliphatic rings. The lowest BCUT2D eigenvalue weighted by Gasteiger charge is -2.11. The molecule has 9 heteroatoms. The summed E-state index contributed by atoms with van der Waals surface area (Å²) in [7, 11) is 1.77. The van der Waals surface area contributed by atoms with E-state index in [9.17, 15) is 0 Å². The molecule has 0 radical (unpaired) electrons. The van der Waals surface area contributed by atoms with Gasteiger partial charge in [-0.05, 0) is 36.6 Å². The van der Waals surface area contributed by atoms with Crippen LogP contribution in [0.4, 0.5) is 0 Å². The van der Waals surface area contributed by atoms with Gasteiger partial charge in [0.05, 0.1) is 6.26 Å². The number of rotatable bonds is 7. The number of guanidine groups is 1. The molecule has 0 saturated carbocycles. The summed E-state index contributed by atoms with van der Waals surface area (Å²) in [6.45, 7) is 3.61. The van der Waals surface area contributed by atoms with Crippen molar-refractivity contribution >= 4 is 40.8 Å². The molecule has 0 aliphatic carbocycles. The Balaban J connectivity index is 0.00000256. The fourth-order valence-corrected chi connectivity index (χ4v) is 3.33. The van der Waals surface area contributed by atoms with Crippen molar-refractivity contribution in [3.05, 3.63) is 59.7 Å². The predicted molar refractivity (Wildman–Crippen MR) is 129 cm³/mol. The molecule has 158 valence electrons. The first kappa shape index (κ1) is 21.9. The smallest absolute Gasteiger partial charge is 0.216 e. The lowest BCUT2D eigenvalue weighted by atomic mass is 10.1. The standard InChI is InChI=1S/C21H25N7O.HI/c1-14-5-3-6-16-15(13-25-19(14)16)8-10-23-21(22-2)24-11-9-18-26-20(28-27-18)17-7-4-12-29-17;/h3-7,12-13,25H,8-11H2,1-2H3,(H2,22,23,24)(H,26,27,28);1H. The Morgan fingerprint density at radius 2 is 1.97 bits per heavy atom. The Hall–Kier alpha value is -2.82. The van der Waals surface area contributed by atoms with Crippen molar-refractivity contribution in [3.8, 4) is 11.6 Å². The number of para-hydroxylation sites is 1. The van der Waals surface area contributed by atoms with Crippen molar-refractivity contribution in [1.82, 2.24) is 30.8 Å². The van der Waals surface area contributed by atoms with Crippen LogP contribution in [0.25, 0.3) is 22.5 Å². The second kappa shape index (κ2) is 10.3. The summed E-state index contributed by atoms with van der Waals surface area (Å²) in [5, 5.41) is 15.1. The lowest BCUT2D eigenvalue weighted by molar-refractivity contribution is 0.577. The van der Waals surface area contributed by atoms with Crippen LogP contribution < -0.4 is 10.6 Å². The van der Waals surface area contributed by atoms with Gasteiger partial charge in [0, 0.05) is 43.7 Å². The highest BCUT2D eigenvalue weighted by molar-refractivity contribution is 14.0. The van der Waals surface area contributed by atoms with Crippen LogP contribution in [0.15, 0.2) is 52.2 Å². The van der Waals surface area contributed by atoms with Crippen molar-refractivity contribution in [3.63, 3.8) is 0 Å². The molecule has 0 bridgehead atoms. The highest BCUT2D eigenvalue weighted by Crippen LogP contribution is 2.21. The van der Waals surface area contributed by atoms with Crippen LogP contribution in [0.2, 0.25) is 0 Å². The van der Waals surface area contributed by atoms with Crippen LogP contribution in [-0.2, 0) is 12.8 Å². The van der Waals surface area contributed by atoms with Crippen molar-refractivity contribution in [2.24, 2.45) is 4.99 Å². The Bertz CT molecular complexity index is 1100. The van der Waals surface area contributed by atoms with Crippen LogP contribution in [0.3, 0.4) is 0 Å². The molecule has 4 N–H and O–H groups in total. The lowest BCUT2D eigenvalue weighted by Crippen LogP contribution is -2.39. The fourth-order valence-electron chi connectivity index (χ4n) is 3.33. The number of aliphatic imine (C=N–C) groups is 1. The third-order valence-corrected chi connectivity index (χ3v) is 4.85. The van der Waals surface area contributed by atoms with E-state index in [1.54, 1.807) is 13.3 Å². The third kappa shape index (κ3) is 5.02. The van der Waals surface area contributed by atoms with Crippen molar-refractivity contribution in [2.45, 2.75) is 19.8 Å². The highest BCUT2D eigenvalue weighted by atomic mass is 127. The summed E-state index contributed by atoms with van der Waals surface area (Å²) in [6.07, 6.45) is 5.32. The van der Waals surface area contributed by atoms with E-state index in [0.717, 1.165) is 24.7 Å². The van der Waals surface area contributed by atoms with E-state index in [0.29, 0.717) is 24.6 Å². The summed E-state index contributed by atoms with van der Waals surface area (Å²) in [5.74, 6) is 2.80. The third-order valence-electron chi connectivity index (χ3n) is 4.85. The van der Waals surface area contributed by atoms with Crippen LogP contribution in [0.1, 0.15) is 17.0 Å². The van der Waals surface area contributed by atoms with E-state index in [-0.39, 0.29) is 24.0 Å². The topological polar surface area (TPSA) is 107 Å².